The molecule has 2 nitrogen and oxygen atoms in total. The number of aromatic nitrogens is 2. The van der Waals surface area contributed by atoms with Crippen molar-refractivity contribution in [2.75, 3.05) is 0 Å². The molecule has 0 spiro atoms. The van der Waals surface area contributed by atoms with Gasteiger partial charge in [0.05, 0.1) is 11.4 Å². The fraction of sp³-hybridized carbons (Fsp3) is 0.444. The van der Waals surface area contributed by atoms with Crippen molar-refractivity contribution in [1.82, 2.24) is 9.78 Å². The summed E-state index contributed by atoms with van der Waals surface area (Å²) in [4.78, 5) is 0. The van der Waals surface area contributed by atoms with Gasteiger partial charge in [-0.2, -0.15) is 5.10 Å². The average Bonchev–Trinajstić information content (AvgIpc) is 3.10. The first-order valence-corrected chi connectivity index (χ1v) is 11.3. The summed E-state index contributed by atoms with van der Waals surface area (Å²) in [6, 6.07) is 10.8. The highest BCUT2D eigenvalue weighted by Crippen LogP contribution is 2.37. The van der Waals surface area contributed by atoms with E-state index in [1.54, 1.807) is 0 Å². The van der Waals surface area contributed by atoms with Crippen LogP contribution in [0.5, 0.6) is 0 Å². The van der Waals surface area contributed by atoms with Crippen LogP contribution < -0.4 is 0 Å². The third kappa shape index (κ3) is 4.32. The van der Waals surface area contributed by atoms with E-state index in [0.717, 1.165) is 30.5 Å². The maximum atomic E-state index is 5.06. The molecule has 2 aromatic rings. The summed E-state index contributed by atoms with van der Waals surface area (Å²) in [6.07, 6.45) is 16.7. The van der Waals surface area contributed by atoms with E-state index in [-0.39, 0.29) is 0 Å². The third-order valence-corrected chi connectivity index (χ3v) is 6.87. The Bertz CT molecular complexity index is 892. The molecule has 2 aliphatic carbocycles. The van der Waals surface area contributed by atoms with Crippen molar-refractivity contribution in [1.29, 1.82) is 0 Å². The molecule has 1 aromatic carbocycles. The van der Waals surface area contributed by atoms with E-state index < -0.39 is 0 Å². The van der Waals surface area contributed by atoms with Gasteiger partial charge in [0.2, 0.25) is 0 Å². The summed E-state index contributed by atoms with van der Waals surface area (Å²) in [6.45, 7) is 9.49. The predicted octanol–water partition coefficient (Wildman–Crippen LogP) is 7.22. The lowest BCUT2D eigenvalue weighted by molar-refractivity contribution is 0.242. The molecule has 29 heavy (non-hydrogen) atoms. The van der Waals surface area contributed by atoms with Gasteiger partial charge in [-0.05, 0) is 49.5 Å². The summed E-state index contributed by atoms with van der Waals surface area (Å²) < 4.78 is 2.31. The van der Waals surface area contributed by atoms with Crippen molar-refractivity contribution in [3.05, 3.63) is 72.5 Å². The second-order valence-electron chi connectivity index (χ2n) is 8.81. The van der Waals surface area contributed by atoms with E-state index in [1.165, 1.54) is 54.5 Å². The van der Waals surface area contributed by atoms with E-state index in [4.69, 9.17) is 5.10 Å². The van der Waals surface area contributed by atoms with Crippen LogP contribution in [0.4, 0.5) is 0 Å². The summed E-state index contributed by atoms with van der Waals surface area (Å²) in [7, 11) is 0. The molecule has 0 saturated heterocycles. The average molecular weight is 387 g/mol. The minimum atomic E-state index is 0.447. The lowest BCUT2D eigenvalue weighted by atomic mass is 9.81. The van der Waals surface area contributed by atoms with Gasteiger partial charge in [0.15, 0.2) is 0 Å². The first kappa shape index (κ1) is 19.9. The Morgan fingerprint density at radius 3 is 2.45 bits per heavy atom. The van der Waals surface area contributed by atoms with Crippen molar-refractivity contribution < 1.29 is 0 Å². The maximum absolute atomic E-state index is 5.06. The van der Waals surface area contributed by atoms with Gasteiger partial charge in [-0.25, -0.2) is 0 Å². The minimum Gasteiger partial charge on any atom is -0.264 e. The molecule has 1 unspecified atom stereocenters. The Morgan fingerprint density at radius 1 is 1.10 bits per heavy atom. The number of rotatable bonds is 6. The fourth-order valence-corrected chi connectivity index (χ4v) is 5.01. The topological polar surface area (TPSA) is 17.8 Å². The molecule has 0 bridgehead atoms. The largest absolute Gasteiger partial charge is 0.264 e. The van der Waals surface area contributed by atoms with Crippen LogP contribution in [-0.2, 0) is 6.54 Å². The predicted molar refractivity (Wildman–Crippen MR) is 124 cm³/mol. The van der Waals surface area contributed by atoms with Crippen LogP contribution in [0.3, 0.4) is 0 Å². The quantitative estimate of drug-likeness (QED) is 0.479. The smallest absolute Gasteiger partial charge is 0.0763 e. The number of nitrogens with zero attached hydrogens (tertiary/aromatic N) is 2. The molecule has 152 valence electrons. The van der Waals surface area contributed by atoms with Gasteiger partial charge in [-0.1, -0.05) is 80.8 Å². The summed E-state index contributed by atoms with van der Waals surface area (Å²) in [5, 5.41) is 5.06. The molecule has 2 heteroatoms. The van der Waals surface area contributed by atoms with E-state index in [2.05, 4.69) is 73.7 Å². The van der Waals surface area contributed by atoms with Gasteiger partial charge in [0.1, 0.15) is 0 Å². The Hall–Kier alpha value is -2.35. The molecule has 1 aromatic heterocycles. The maximum Gasteiger partial charge on any atom is 0.0763 e. The van der Waals surface area contributed by atoms with Gasteiger partial charge in [0.25, 0.3) is 0 Å². The van der Waals surface area contributed by atoms with E-state index in [1.807, 2.05) is 6.08 Å². The second-order valence-corrected chi connectivity index (χ2v) is 8.81. The second kappa shape index (κ2) is 8.98. The molecule has 0 radical (unpaired) electrons. The van der Waals surface area contributed by atoms with Gasteiger partial charge < -0.3 is 0 Å². The zero-order valence-electron chi connectivity index (χ0n) is 18.0. The Balaban J connectivity index is 1.68. The highest BCUT2D eigenvalue weighted by Gasteiger charge is 2.25. The Morgan fingerprint density at radius 2 is 1.83 bits per heavy atom. The van der Waals surface area contributed by atoms with Gasteiger partial charge in [-0.15, -0.1) is 6.58 Å². The van der Waals surface area contributed by atoms with Crippen molar-refractivity contribution in [3.63, 3.8) is 0 Å². The molecule has 1 atom stereocenters. The monoisotopic (exact) mass is 386 g/mol. The van der Waals surface area contributed by atoms with Crippen LogP contribution in [0.15, 0.2) is 61.2 Å². The van der Waals surface area contributed by atoms with Crippen LogP contribution in [0.1, 0.15) is 56.7 Å². The Kier molecular flexibility index (Phi) is 6.18. The zero-order chi connectivity index (χ0) is 20.2. The van der Waals surface area contributed by atoms with Crippen LogP contribution in [-0.4, -0.2) is 9.78 Å². The van der Waals surface area contributed by atoms with Crippen molar-refractivity contribution in [2.45, 2.75) is 58.9 Å². The molecule has 1 heterocycles. The summed E-state index contributed by atoms with van der Waals surface area (Å²) >= 11 is 0. The van der Waals surface area contributed by atoms with E-state index in [0.29, 0.717) is 5.92 Å². The number of aryl methyl sites for hydroxylation is 1. The van der Waals surface area contributed by atoms with Gasteiger partial charge in [-0.3, -0.25) is 4.68 Å². The molecular weight excluding hydrogens is 352 g/mol. The molecule has 4 rings (SSSR count). The molecule has 0 aliphatic heterocycles. The molecule has 0 N–H and O–H groups in total. The molecule has 2 aliphatic rings. The van der Waals surface area contributed by atoms with Crippen LogP contribution in [0.25, 0.3) is 16.8 Å². The van der Waals surface area contributed by atoms with Gasteiger partial charge >= 0.3 is 0 Å². The van der Waals surface area contributed by atoms with Crippen molar-refractivity contribution in [3.8, 4) is 11.3 Å². The zero-order valence-corrected chi connectivity index (χ0v) is 18.0. The van der Waals surface area contributed by atoms with Crippen LogP contribution in [0, 0.1) is 24.7 Å². The fourth-order valence-electron chi connectivity index (χ4n) is 5.01. The van der Waals surface area contributed by atoms with E-state index >= 15 is 0 Å². The summed E-state index contributed by atoms with van der Waals surface area (Å²) in [5.41, 5.74) is 6.30. The molecule has 0 amide bonds. The molecule has 1 saturated carbocycles. The number of hydrogen-bond donors (Lipinski definition) is 0. The highest BCUT2D eigenvalue weighted by atomic mass is 15.3. The lowest BCUT2D eigenvalue weighted by Gasteiger charge is -2.28. The number of allylic oxidation sites excluding steroid dienone is 5. The van der Waals surface area contributed by atoms with Crippen molar-refractivity contribution in [2.24, 2.45) is 17.8 Å². The summed E-state index contributed by atoms with van der Waals surface area (Å²) in [5.74, 6) is 2.13. The molecular formula is C27H34N2. The first-order valence-electron chi connectivity index (χ1n) is 11.3. The first-order chi connectivity index (χ1) is 14.2. The van der Waals surface area contributed by atoms with Crippen molar-refractivity contribution >= 4 is 5.57 Å². The lowest BCUT2D eigenvalue weighted by Crippen LogP contribution is -2.20. The van der Waals surface area contributed by atoms with E-state index in [9.17, 15) is 0 Å². The van der Waals surface area contributed by atoms with Gasteiger partial charge in [0, 0.05) is 17.7 Å². The SMILES string of the molecule is C=CC1C=CC(c2c(C)nn(CC3CCC(CC)CC3)c2-c2ccccc2)=CC1. The minimum absolute atomic E-state index is 0.447. The standard InChI is InChI=1S/C27H34N2/c1-4-21-11-13-23(14-12-21)19-29-27(25-9-7-6-8-10-25)26(20(3)28-29)24-17-15-22(5-2)16-18-24/h5-10,15,17-18,21-23H,2,4,11-14,16,19H2,1,3H3. The number of benzene rings is 1. The number of hydrogen-bond acceptors (Lipinski definition) is 1. The normalized spacial score (nSPS) is 24.3. The molecule has 1 fully saturated rings. The van der Waals surface area contributed by atoms with Crippen LogP contribution in [0.2, 0.25) is 0 Å². The Labute approximate surface area is 176 Å². The highest BCUT2D eigenvalue weighted by molar-refractivity contribution is 5.85. The van der Waals surface area contributed by atoms with Crippen LogP contribution >= 0.6 is 0 Å². The third-order valence-electron chi connectivity index (χ3n) is 6.87.